The topological polar surface area (TPSA) is 92.8 Å². The minimum Gasteiger partial charge on any atom is -0.454 e. The van der Waals surface area contributed by atoms with Crippen molar-refractivity contribution >= 4 is 29.4 Å². The number of carbonyl (C=O) groups excluding carboxylic acids is 4. The number of amides is 3. The van der Waals surface area contributed by atoms with E-state index in [0.29, 0.717) is 12.8 Å². The third-order valence-corrected chi connectivity index (χ3v) is 4.45. The van der Waals surface area contributed by atoms with Gasteiger partial charge in [-0.15, -0.1) is 0 Å². The number of ether oxygens (including phenoxy) is 1. The highest BCUT2D eigenvalue weighted by atomic mass is 19.1. The Labute approximate surface area is 153 Å². The van der Waals surface area contributed by atoms with E-state index >= 15 is 0 Å². The van der Waals surface area contributed by atoms with Crippen LogP contribution >= 0.6 is 0 Å². The molecule has 9 heteroatoms. The molecule has 1 N–H and O–H groups in total. The van der Waals surface area contributed by atoms with E-state index in [2.05, 4.69) is 5.32 Å². The first-order chi connectivity index (χ1) is 12.9. The fourth-order valence-electron chi connectivity index (χ4n) is 3.13. The van der Waals surface area contributed by atoms with Crippen molar-refractivity contribution in [2.75, 3.05) is 18.5 Å². The van der Waals surface area contributed by atoms with Crippen molar-refractivity contribution in [2.45, 2.75) is 12.8 Å². The molecule has 3 rings (SSSR count). The number of likely N-dealkylation sites (tertiary alicyclic amines) is 1. The van der Waals surface area contributed by atoms with Gasteiger partial charge >= 0.3 is 5.97 Å². The van der Waals surface area contributed by atoms with Crippen LogP contribution in [-0.4, -0.2) is 41.7 Å². The number of carbonyl (C=O) groups is 4. The van der Waals surface area contributed by atoms with E-state index in [4.69, 9.17) is 4.74 Å². The monoisotopic (exact) mass is 378 g/mol. The Morgan fingerprint density at radius 2 is 1.74 bits per heavy atom. The van der Waals surface area contributed by atoms with Gasteiger partial charge in [0.05, 0.1) is 17.5 Å². The quantitative estimate of drug-likeness (QED) is 0.475. The van der Waals surface area contributed by atoms with Crippen molar-refractivity contribution in [2.24, 2.45) is 11.8 Å². The number of benzene rings is 1. The van der Waals surface area contributed by atoms with Crippen LogP contribution in [0.25, 0.3) is 0 Å². The van der Waals surface area contributed by atoms with Gasteiger partial charge in [0.15, 0.2) is 6.61 Å². The number of nitrogens with one attached hydrogen (secondary N) is 1. The van der Waals surface area contributed by atoms with Crippen molar-refractivity contribution in [1.82, 2.24) is 4.90 Å². The van der Waals surface area contributed by atoms with Gasteiger partial charge < -0.3 is 10.1 Å². The highest BCUT2D eigenvalue weighted by Gasteiger charge is 2.47. The number of nitrogens with zero attached hydrogens (tertiary/aromatic N) is 1. The van der Waals surface area contributed by atoms with Gasteiger partial charge in [-0.3, -0.25) is 24.1 Å². The summed E-state index contributed by atoms with van der Waals surface area (Å²) < 4.78 is 31.2. The maximum Gasteiger partial charge on any atom is 0.326 e. The smallest absolute Gasteiger partial charge is 0.326 e. The number of fused-ring (bicyclic) bond motifs is 1. The van der Waals surface area contributed by atoms with Crippen molar-refractivity contribution in [3.8, 4) is 0 Å². The summed E-state index contributed by atoms with van der Waals surface area (Å²) in [6, 6.07) is 2.52. The maximum absolute atomic E-state index is 13.5. The molecule has 0 saturated carbocycles. The summed E-state index contributed by atoms with van der Waals surface area (Å²) >= 11 is 0. The van der Waals surface area contributed by atoms with E-state index in [-0.39, 0.29) is 0 Å². The minimum atomic E-state index is -0.946. The normalized spacial score (nSPS) is 21.2. The second-order valence-electron chi connectivity index (χ2n) is 6.25. The first-order valence-electron chi connectivity index (χ1n) is 8.27. The average molecular weight is 378 g/mol. The van der Waals surface area contributed by atoms with Crippen molar-refractivity contribution < 1.29 is 32.7 Å². The highest BCUT2D eigenvalue weighted by molar-refractivity contribution is 6.07. The van der Waals surface area contributed by atoms with Gasteiger partial charge in [0.25, 0.3) is 5.91 Å². The summed E-state index contributed by atoms with van der Waals surface area (Å²) in [6.07, 6.45) is 4.54. The Kier molecular flexibility index (Phi) is 5.29. The predicted molar refractivity (Wildman–Crippen MR) is 88.0 cm³/mol. The van der Waals surface area contributed by atoms with Crippen LogP contribution in [0.4, 0.5) is 14.5 Å². The number of imide groups is 1. The molecule has 1 aromatic carbocycles. The van der Waals surface area contributed by atoms with Gasteiger partial charge in [-0.2, -0.15) is 0 Å². The van der Waals surface area contributed by atoms with Crippen molar-refractivity contribution in [1.29, 1.82) is 0 Å². The molecular weight excluding hydrogens is 362 g/mol. The van der Waals surface area contributed by atoms with Crippen LogP contribution < -0.4 is 5.32 Å². The van der Waals surface area contributed by atoms with E-state index in [1.54, 1.807) is 0 Å². The zero-order valence-electron chi connectivity index (χ0n) is 14.1. The van der Waals surface area contributed by atoms with Gasteiger partial charge in [0, 0.05) is 6.07 Å². The number of allylic oxidation sites excluding steroid dienone is 2. The predicted octanol–water partition coefficient (Wildman–Crippen LogP) is 1.40. The van der Waals surface area contributed by atoms with Crippen LogP contribution in [0.3, 0.4) is 0 Å². The van der Waals surface area contributed by atoms with E-state index in [1.165, 1.54) is 0 Å². The third kappa shape index (κ3) is 4.02. The summed E-state index contributed by atoms with van der Waals surface area (Å²) in [4.78, 5) is 48.9. The molecule has 0 aromatic heterocycles. The standard InChI is InChI=1S/C18H16F2N2O5/c19-10-5-6-13(20)14(7-10)21-15(23)9-27-16(24)8-22-17(25)11-3-1-2-4-12(11)18(22)26/h1-2,5-7,11-12H,3-4,8-9H2,(H,21,23). The van der Waals surface area contributed by atoms with E-state index in [1.807, 2.05) is 12.2 Å². The van der Waals surface area contributed by atoms with Gasteiger partial charge in [-0.05, 0) is 25.0 Å². The molecule has 2 aliphatic rings. The number of hydrogen-bond donors (Lipinski definition) is 1. The summed E-state index contributed by atoms with van der Waals surface area (Å²) in [6.45, 7) is -1.36. The molecule has 1 heterocycles. The Bertz CT molecular complexity index is 813. The number of anilines is 1. The molecule has 1 saturated heterocycles. The van der Waals surface area contributed by atoms with Crippen LogP contribution in [0, 0.1) is 23.5 Å². The number of halogens is 2. The fraction of sp³-hybridized carbons (Fsp3) is 0.333. The average Bonchev–Trinajstić information content (AvgIpc) is 2.88. The number of esters is 1. The molecule has 142 valence electrons. The van der Waals surface area contributed by atoms with Gasteiger partial charge in [0.1, 0.15) is 18.2 Å². The van der Waals surface area contributed by atoms with Crippen LogP contribution in [0.2, 0.25) is 0 Å². The molecular formula is C18H16F2N2O5. The lowest BCUT2D eigenvalue weighted by Crippen LogP contribution is -2.37. The first kappa shape index (κ1) is 18.7. The van der Waals surface area contributed by atoms with Crippen LogP contribution in [0.15, 0.2) is 30.4 Å². The van der Waals surface area contributed by atoms with E-state index in [9.17, 15) is 28.0 Å². The summed E-state index contributed by atoms with van der Waals surface area (Å²) in [7, 11) is 0. The molecule has 27 heavy (non-hydrogen) atoms. The second kappa shape index (κ2) is 7.65. The van der Waals surface area contributed by atoms with Crippen molar-refractivity contribution in [3.05, 3.63) is 42.0 Å². The Balaban J connectivity index is 1.51. The molecule has 2 unspecified atom stereocenters. The SMILES string of the molecule is O=C(COC(=O)CN1C(=O)C2CC=CCC2C1=O)Nc1cc(F)ccc1F. The molecule has 1 aliphatic carbocycles. The molecule has 1 aliphatic heterocycles. The second-order valence-corrected chi connectivity index (χ2v) is 6.25. The number of rotatable bonds is 5. The van der Waals surface area contributed by atoms with Crippen LogP contribution in [-0.2, 0) is 23.9 Å². The highest BCUT2D eigenvalue weighted by Crippen LogP contribution is 2.34. The molecule has 0 radical (unpaired) electrons. The lowest BCUT2D eigenvalue weighted by Gasteiger charge is -2.14. The summed E-state index contributed by atoms with van der Waals surface area (Å²) in [5.41, 5.74) is -0.391. The van der Waals surface area contributed by atoms with E-state index < -0.39 is 66.0 Å². The molecule has 0 bridgehead atoms. The molecule has 2 atom stereocenters. The first-order valence-corrected chi connectivity index (χ1v) is 8.27. The maximum atomic E-state index is 13.5. The molecule has 7 nitrogen and oxygen atoms in total. The minimum absolute atomic E-state index is 0.391. The summed E-state index contributed by atoms with van der Waals surface area (Å²) in [5, 5.41) is 2.07. The molecule has 1 aromatic rings. The van der Waals surface area contributed by atoms with Gasteiger partial charge in [-0.25, -0.2) is 8.78 Å². The Morgan fingerprint density at radius 1 is 1.11 bits per heavy atom. The number of hydrogen-bond acceptors (Lipinski definition) is 5. The van der Waals surface area contributed by atoms with Gasteiger partial charge in [-0.1, -0.05) is 12.2 Å². The lowest BCUT2D eigenvalue weighted by molar-refractivity contribution is -0.154. The van der Waals surface area contributed by atoms with Crippen LogP contribution in [0.1, 0.15) is 12.8 Å². The van der Waals surface area contributed by atoms with Crippen LogP contribution in [0.5, 0.6) is 0 Å². The zero-order valence-corrected chi connectivity index (χ0v) is 14.1. The Morgan fingerprint density at radius 3 is 2.37 bits per heavy atom. The molecule has 0 spiro atoms. The molecule has 3 amide bonds. The van der Waals surface area contributed by atoms with Gasteiger partial charge in [0.2, 0.25) is 11.8 Å². The zero-order chi connectivity index (χ0) is 19.6. The van der Waals surface area contributed by atoms with Crippen molar-refractivity contribution in [3.63, 3.8) is 0 Å². The molecule has 1 fully saturated rings. The van der Waals surface area contributed by atoms with E-state index in [0.717, 1.165) is 23.1 Å². The third-order valence-electron chi connectivity index (χ3n) is 4.45. The fourth-order valence-corrected chi connectivity index (χ4v) is 3.13. The lowest BCUT2D eigenvalue weighted by atomic mass is 9.85. The largest absolute Gasteiger partial charge is 0.454 e. The Hall–Kier alpha value is -3.10. The summed E-state index contributed by atoms with van der Waals surface area (Å²) in [5.74, 6) is -5.21.